The predicted octanol–water partition coefficient (Wildman–Crippen LogP) is 6.70. The van der Waals surface area contributed by atoms with E-state index in [1.807, 2.05) is 24.3 Å². The molecule has 0 spiro atoms. The SMILES string of the molecule is Fc1ccc(C2C3CCC(C[C@H]2c2ccc(F)cc2)N3CCCc2ccccc2)cc1. The van der Waals surface area contributed by atoms with Crippen LogP contribution in [0.2, 0.25) is 0 Å². The van der Waals surface area contributed by atoms with Crippen molar-refractivity contribution in [3.05, 3.63) is 107 Å². The molecule has 0 radical (unpaired) electrons. The molecule has 2 aliphatic rings. The first-order chi connectivity index (χ1) is 15.2. The molecule has 5 rings (SSSR count). The van der Waals surface area contributed by atoms with Gasteiger partial charge in [0.25, 0.3) is 0 Å². The maximum Gasteiger partial charge on any atom is 0.123 e. The lowest BCUT2D eigenvalue weighted by atomic mass is 9.72. The normalized spacial score (nSPS) is 25.6. The molecule has 2 heterocycles. The fourth-order valence-corrected chi connectivity index (χ4v) is 5.96. The van der Waals surface area contributed by atoms with Crippen LogP contribution in [0.4, 0.5) is 8.78 Å². The van der Waals surface area contributed by atoms with Crippen molar-refractivity contribution in [2.45, 2.75) is 56.0 Å². The number of fused-ring (bicyclic) bond motifs is 2. The number of hydrogen-bond donors (Lipinski definition) is 0. The summed E-state index contributed by atoms with van der Waals surface area (Å²) in [4.78, 5) is 2.72. The van der Waals surface area contributed by atoms with Crippen LogP contribution in [-0.2, 0) is 6.42 Å². The minimum Gasteiger partial charge on any atom is -0.297 e. The lowest BCUT2D eigenvalue weighted by Gasteiger charge is -2.45. The van der Waals surface area contributed by atoms with Crippen molar-refractivity contribution in [2.75, 3.05) is 6.54 Å². The van der Waals surface area contributed by atoms with E-state index in [0.29, 0.717) is 23.9 Å². The molecule has 0 saturated carbocycles. The van der Waals surface area contributed by atoms with Gasteiger partial charge in [0.2, 0.25) is 0 Å². The standard InChI is InChI=1S/C28H29F2N/c29-23-12-8-21(9-13-23)26-19-25-16-17-27(28(26)22-10-14-24(30)15-11-22)31(25)18-4-7-20-5-2-1-3-6-20/h1-3,5-6,8-15,25-28H,4,7,16-19H2/t25?,26-,27?,28?/m0/s1. The molecule has 3 aromatic rings. The van der Waals surface area contributed by atoms with E-state index in [1.165, 1.54) is 29.5 Å². The van der Waals surface area contributed by atoms with Crippen LogP contribution in [-0.4, -0.2) is 23.5 Å². The predicted molar refractivity (Wildman–Crippen MR) is 121 cm³/mol. The van der Waals surface area contributed by atoms with Gasteiger partial charge < -0.3 is 0 Å². The summed E-state index contributed by atoms with van der Waals surface area (Å²) in [5.74, 6) is 0.265. The lowest BCUT2D eigenvalue weighted by Crippen LogP contribution is -2.47. The number of hydrogen-bond acceptors (Lipinski definition) is 1. The molecule has 3 aromatic carbocycles. The zero-order valence-electron chi connectivity index (χ0n) is 17.8. The maximum absolute atomic E-state index is 13.7. The van der Waals surface area contributed by atoms with Gasteiger partial charge in [0, 0.05) is 18.0 Å². The molecule has 31 heavy (non-hydrogen) atoms. The molecule has 0 aromatic heterocycles. The molecule has 2 saturated heterocycles. The van der Waals surface area contributed by atoms with Crippen molar-refractivity contribution in [3.63, 3.8) is 0 Å². The minimum atomic E-state index is -0.193. The molecule has 4 atom stereocenters. The van der Waals surface area contributed by atoms with E-state index in [1.54, 1.807) is 24.3 Å². The Hall–Kier alpha value is -2.52. The number of piperidine rings is 1. The van der Waals surface area contributed by atoms with Gasteiger partial charge in [-0.25, -0.2) is 8.78 Å². The molecule has 1 nitrogen and oxygen atoms in total. The first-order valence-electron chi connectivity index (χ1n) is 11.5. The third kappa shape index (κ3) is 4.29. The van der Waals surface area contributed by atoms with Crippen LogP contribution >= 0.6 is 0 Å². The number of halogens is 2. The average molecular weight is 418 g/mol. The molecule has 0 aliphatic carbocycles. The van der Waals surface area contributed by atoms with Gasteiger partial charge in [-0.15, -0.1) is 0 Å². The third-order valence-corrected chi connectivity index (χ3v) is 7.34. The Morgan fingerprint density at radius 1 is 0.742 bits per heavy atom. The average Bonchev–Trinajstić information content (AvgIpc) is 3.07. The van der Waals surface area contributed by atoms with Crippen molar-refractivity contribution < 1.29 is 8.78 Å². The van der Waals surface area contributed by atoms with Crippen molar-refractivity contribution in [3.8, 4) is 0 Å². The summed E-state index contributed by atoms with van der Waals surface area (Å²) in [7, 11) is 0. The highest BCUT2D eigenvalue weighted by atomic mass is 19.1. The van der Waals surface area contributed by atoms with Gasteiger partial charge in [-0.3, -0.25) is 4.90 Å². The Bertz CT molecular complexity index is 984. The Morgan fingerprint density at radius 3 is 2.06 bits per heavy atom. The lowest BCUT2D eigenvalue weighted by molar-refractivity contribution is 0.104. The maximum atomic E-state index is 13.7. The van der Waals surface area contributed by atoms with Crippen LogP contribution in [0.15, 0.2) is 78.9 Å². The highest BCUT2D eigenvalue weighted by Gasteiger charge is 2.47. The van der Waals surface area contributed by atoms with Crippen LogP contribution in [0.25, 0.3) is 0 Å². The molecule has 2 bridgehead atoms. The zero-order chi connectivity index (χ0) is 21.2. The molecule has 3 unspecified atom stereocenters. The largest absolute Gasteiger partial charge is 0.297 e. The van der Waals surface area contributed by atoms with E-state index in [-0.39, 0.29) is 11.6 Å². The van der Waals surface area contributed by atoms with E-state index in [2.05, 4.69) is 35.2 Å². The summed E-state index contributed by atoms with van der Waals surface area (Å²) in [6.07, 6.45) is 5.71. The van der Waals surface area contributed by atoms with Gasteiger partial charge in [0.1, 0.15) is 11.6 Å². The molecule has 0 amide bonds. The highest BCUT2D eigenvalue weighted by Crippen LogP contribution is 2.51. The topological polar surface area (TPSA) is 3.24 Å². The Balaban J connectivity index is 1.40. The number of aryl methyl sites for hydroxylation is 1. The van der Waals surface area contributed by atoms with Gasteiger partial charge in [-0.2, -0.15) is 0 Å². The number of benzene rings is 3. The van der Waals surface area contributed by atoms with Crippen molar-refractivity contribution in [1.29, 1.82) is 0 Å². The monoisotopic (exact) mass is 417 g/mol. The quantitative estimate of drug-likeness (QED) is 0.431. The van der Waals surface area contributed by atoms with Gasteiger partial charge in [0.15, 0.2) is 0 Å². The highest BCUT2D eigenvalue weighted by molar-refractivity contribution is 5.33. The first-order valence-corrected chi connectivity index (χ1v) is 11.5. The van der Waals surface area contributed by atoms with Gasteiger partial charge >= 0.3 is 0 Å². The molecule has 160 valence electrons. The van der Waals surface area contributed by atoms with Gasteiger partial charge in [0.05, 0.1) is 0 Å². The van der Waals surface area contributed by atoms with Crippen LogP contribution < -0.4 is 0 Å². The summed E-state index contributed by atoms with van der Waals surface area (Å²) < 4.78 is 27.2. The van der Waals surface area contributed by atoms with E-state index in [9.17, 15) is 8.78 Å². The molecule has 2 fully saturated rings. The second-order valence-electron chi connectivity index (χ2n) is 9.10. The van der Waals surface area contributed by atoms with Crippen molar-refractivity contribution in [1.82, 2.24) is 4.90 Å². The zero-order valence-corrected chi connectivity index (χ0v) is 17.8. The van der Waals surface area contributed by atoms with Gasteiger partial charge in [-0.1, -0.05) is 54.6 Å². The Morgan fingerprint density at radius 2 is 1.39 bits per heavy atom. The van der Waals surface area contributed by atoms with E-state index in [0.717, 1.165) is 25.8 Å². The van der Waals surface area contributed by atoms with Crippen molar-refractivity contribution >= 4 is 0 Å². The Kier molecular flexibility index (Phi) is 5.87. The summed E-state index contributed by atoms with van der Waals surface area (Å²) in [6.45, 7) is 1.10. The third-order valence-electron chi connectivity index (χ3n) is 7.34. The fraction of sp³-hybridized carbons (Fsp3) is 0.357. The minimum absolute atomic E-state index is 0.191. The summed E-state index contributed by atoms with van der Waals surface area (Å²) in [5.41, 5.74) is 3.80. The smallest absolute Gasteiger partial charge is 0.123 e. The summed E-state index contributed by atoms with van der Waals surface area (Å²) in [6, 6.07) is 25.8. The van der Waals surface area contributed by atoms with Gasteiger partial charge in [-0.05, 0) is 85.5 Å². The molecule has 3 heteroatoms. The first kappa shape index (κ1) is 20.4. The summed E-state index contributed by atoms with van der Waals surface area (Å²) in [5, 5.41) is 0. The van der Waals surface area contributed by atoms with E-state index in [4.69, 9.17) is 0 Å². The second kappa shape index (κ2) is 8.92. The number of rotatable bonds is 6. The van der Waals surface area contributed by atoms with Crippen LogP contribution in [0, 0.1) is 11.6 Å². The van der Waals surface area contributed by atoms with E-state index < -0.39 is 0 Å². The van der Waals surface area contributed by atoms with Crippen LogP contribution in [0.1, 0.15) is 54.2 Å². The molecular weight excluding hydrogens is 388 g/mol. The molecule has 2 aliphatic heterocycles. The number of nitrogens with zero attached hydrogens (tertiary/aromatic N) is 1. The van der Waals surface area contributed by atoms with E-state index >= 15 is 0 Å². The van der Waals surface area contributed by atoms with Crippen LogP contribution in [0.3, 0.4) is 0 Å². The summed E-state index contributed by atoms with van der Waals surface area (Å²) >= 11 is 0. The van der Waals surface area contributed by atoms with Crippen molar-refractivity contribution in [2.24, 2.45) is 0 Å². The molecular formula is C28H29F2N. The second-order valence-corrected chi connectivity index (χ2v) is 9.10. The molecule has 0 N–H and O–H groups in total. The fourth-order valence-electron chi connectivity index (χ4n) is 5.96. The van der Waals surface area contributed by atoms with Crippen LogP contribution in [0.5, 0.6) is 0 Å². The Labute approximate surface area is 183 Å².